The Bertz CT molecular complexity index is 241. The molecule has 1 aliphatic rings. The van der Waals surface area contributed by atoms with Gasteiger partial charge in [-0.25, -0.2) is 0 Å². The summed E-state index contributed by atoms with van der Waals surface area (Å²) in [4.78, 5) is 0. The molecular formula is C11H18OS. The van der Waals surface area contributed by atoms with Gasteiger partial charge in [-0.15, -0.1) is 6.42 Å². The van der Waals surface area contributed by atoms with Gasteiger partial charge in [0.1, 0.15) is 5.60 Å². The van der Waals surface area contributed by atoms with Crippen LogP contribution in [0.15, 0.2) is 0 Å². The normalized spacial score (nSPS) is 44.0. The Morgan fingerprint density at radius 2 is 2.08 bits per heavy atom. The maximum absolute atomic E-state index is 10.3. The van der Waals surface area contributed by atoms with Gasteiger partial charge in [0.15, 0.2) is 0 Å². The molecule has 0 aromatic carbocycles. The minimum absolute atomic E-state index is 0.128. The summed E-state index contributed by atoms with van der Waals surface area (Å²) >= 11 is 4.47. The summed E-state index contributed by atoms with van der Waals surface area (Å²) in [7, 11) is 0. The third kappa shape index (κ3) is 1.60. The Morgan fingerprint density at radius 1 is 1.54 bits per heavy atom. The highest BCUT2D eigenvalue weighted by atomic mass is 32.1. The molecule has 0 heterocycles. The van der Waals surface area contributed by atoms with Crippen LogP contribution in [0.3, 0.4) is 0 Å². The van der Waals surface area contributed by atoms with Crippen molar-refractivity contribution in [2.45, 2.75) is 44.5 Å². The maximum Gasteiger partial charge on any atom is 0.132 e. The van der Waals surface area contributed by atoms with Crippen LogP contribution in [0, 0.1) is 23.7 Å². The van der Waals surface area contributed by atoms with Crippen LogP contribution in [0.25, 0.3) is 0 Å². The van der Waals surface area contributed by atoms with Gasteiger partial charge < -0.3 is 5.11 Å². The lowest BCUT2D eigenvalue weighted by Crippen LogP contribution is -2.53. The summed E-state index contributed by atoms with van der Waals surface area (Å²) in [6.07, 6.45) is 7.20. The molecule has 0 bridgehead atoms. The smallest absolute Gasteiger partial charge is 0.132 e. The molecule has 0 saturated heterocycles. The highest BCUT2D eigenvalue weighted by Gasteiger charge is 2.50. The molecular weight excluding hydrogens is 180 g/mol. The fourth-order valence-corrected chi connectivity index (χ4v) is 3.18. The molecule has 1 N–H and O–H groups in total. The van der Waals surface area contributed by atoms with Crippen molar-refractivity contribution in [1.82, 2.24) is 0 Å². The van der Waals surface area contributed by atoms with E-state index in [2.05, 4.69) is 18.5 Å². The standard InChI is InChI=1S/C11H18OS/c1-5-11(12)8(2)6-9(13)7-10(11,3)4/h1,8-9,12-13H,6-7H2,2-4H3. The van der Waals surface area contributed by atoms with E-state index < -0.39 is 5.60 Å². The van der Waals surface area contributed by atoms with E-state index in [0.29, 0.717) is 5.25 Å². The predicted molar refractivity (Wildman–Crippen MR) is 58.7 cm³/mol. The van der Waals surface area contributed by atoms with Crippen LogP contribution in [0.5, 0.6) is 0 Å². The van der Waals surface area contributed by atoms with Crippen LogP contribution in [0.2, 0.25) is 0 Å². The second-order valence-corrected chi connectivity index (χ2v) is 5.52. The first-order valence-electron chi connectivity index (χ1n) is 4.71. The van der Waals surface area contributed by atoms with Crippen LogP contribution in [-0.2, 0) is 0 Å². The first-order chi connectivity index (χ1) is 5.83. The van der Waals surface area contributed by atoms with Gasteiger partial charge in [0.2, 0.25) is 0 Å². The molecule has 0 spiro atoms. The van der Waals surface area contributed by atoms with Crippen molar-refractivity contribution in [2.24, 2.45) is 11.3 Å². The van der Waals surface area contributed by atoms with Gasteiger partial charge >= 0.3 is 0 Å². The summed E-state index contributed by atoms with van der Waals surface area (Å²) < 4.78 is 0. The predicted octanol–water partition coefficient (Wildman–Crippen LogP) is 2.11. The first kappa shape index (κ1) is 10.9. The lowest BCUT2D eigenvalue weighted by atomic mass is 9.61. The van der Waals surface area contributed by atoms with Gasteiger partial charge in [-0.05, 0) is 18.8 Å². The summed E-state index contributed by atoms with van der Waals surface area (Å²) in [5, 5.41) is 10.7. The van der Waals surface area contributed by atoms with Crippen LogP contribution < -0.4 is 0 Å². The van der Waals surface area contributed by atoms with Crippen molar-refractivity contribution in [2.75, 3.05) is 0 Å². The van der Waals surface area contributed by atoms with E-state index in [1.165, 1.54) is 0 Å². The molecule has 0 amide bonds. The largest absolute Gasteiger partial charge is 0.377 e. The zero-order valence-corrected chi connectivity index (χ0v) is 9.44. The minimum Gasteiger partial charge on any atom is -0.377 e. The third-order valence-corrected chi connectivity index (χ3v) is 3.73. The highest BCUT2D eigenvalue weighted by Crippen LogP contribution is 2.47. The highest BCUT2D eigenvalue weighted by molar-refractivity contribution is 7.80. The van der Waals surface area contributed by atoms with Gasteiger partial charge in [0, 0.05) is 10.7 Å². The average molecular weight is 198 g/mol. The van der Waals surface area contributed by atoms with Gasteiger partial charge in [-0.3, -0.25) is 0 Å². The summed E-state index contributed by atoms with van der Waals surface area (Å²) in [6, 6.07) is 0. The second kappa shape index (κ2) is 3.22. The Morgan fingerprint density at radius 3 is 2.46 bits per heavy atom. The molecule has 2 heteroatoms. The molecule has 0 aromatic rings. The quantitative estimate of drug-likeness (QED) is 0.451. The minimum atomic E-state index is -0.966. The van der Waals surface area contributed by atoms with Crippen molar-refractivity contribution in [3.8, 4) is 12.3 Å². The number of aliphatic hydroxyl groups is 1. The second-order valence-electron chi connectivity index (χ2n) is 4.79. The monoisotopic (exact) mass is 198 g/mol. The number of hydrogen-bond donors (Lipinski definition) is 2. The molecule has 1 saturated carbocycles. The van der Waals surface area contributed by atoms with E-state index in [1.807, 2.05) is 20.8 Å². The molecule has 1 fully saturated rings. The van der Waals surface area contributed by atoms with Gasteiger partial charge in [-0.2, -0.15) is 12.6 Å². The lowest BCUT2D eigenvalue weighted by molar-refractivity contribution is -0.0837. The number of thiol groups is 1. The van der Waals surface area contributed by atoms with Crippen molar-refractivity contribution in [3.05, 3.63) is 0 Å². The zero-order chi connectivity index (χ0) is 10.3. The molecule has 1 aliphatic carbocycles. The van der Waals surface area contributed by atoms with E-state index in [1.54, 1.807) is 0 Å². The topological polar surface area (TPSA) is 20.2 Å². The van der Waals surface area contributed by atoms with E-state index in [-0.39, 0.29) is 11.3 Å². The van der Waals surface area contributed by atoms with Crippen molar-refractivity contribution in [3.63, 3.8) is 0 Å². The summed E-state index contributed by atoms with van der Waals surface area (Å²) in [5.41, 5.74) is -1.20. The fraction of sp³-hybridized carbons (Fsp3) is 0.818. The molecule has 1 nitrogen and oxygen atoms in total. The van der Waals surface area contributed by atoms with Gasteiger partial charge in [-0.1, -0.05) is 26.7 Å². The molecule has 3 unspecified atom stereocenters. The van der Waals surface area contributed by atoms with Gasteiger partial charge in [0.25, 0.3) is 0 Å². The molecule has 1 rings (SSSR count). The SMILES string of the molecule is C#CC1(O)C(C)CC(S)CC1(C)C. The zero-order valence-electron chi connectivity index (χ0n) is 8.54. The van der Waals surface area contributed by atoms with Crippen LogP contribution in [0.4, 0.5) is 0 Å². The molecule has 3 atom stereocenters. The van der Waals surface area contributed by atoms with E-state index in [0.717, 1.165) is 12.8 Å². The summed E-state index contributed by atoms with van der Waals surface area (Å²) in [5.74, 6) is 2.69. The van der Waals surface area contributed by atoms with Gasteiger partial charge in [0.05, 0.1) is 0 Å². The van der Waals surface area contributed by atoms with Crippen LogP contribution >= 0.6 is 12.6 Å². The number of terminal acetylenes is 1. The fourth-order valence-electron chi connectivity index (χ4n) is 2.41. The summed E-state index contributed by atoms with van der Waals surface area (Å²) in [6.45, 7) is 6.04. The molecule has 13 heavy (non-hydrogen) atoms. The van der Waals surface area contributed by atoms with Crippen molar-refractivity contribution < 1.29 is 5.11 Å². The molecule has 74 valence electrons. The molecule has 0 aromatic heterocycles. The lowest BCUT2D eigenvalue weighted by Gasteiger charge is -2.49. The van der Waals surface area contributed by atoms with Crippen LogP contribution in [-0.4, -0.2) is 16.0 Å². The Labute approximate surface area is 86.3 Å². The van der Waals surface area contributed by atoms with E-state index >= 15 is 0 Å². The van der Waals surface area contributed by atoms with Crippen molar-refractivity contribution >= 4 is 12.6 Å². The van der Waals surface area contributed by atoms with E-state index in [9.17, 15) is 5.11 Å². The maximum atomic E-state index is 10.3. The molecule has 0 radical (unpaired) electrons. The number of hydrogen-bond acceptors (Lipinski definition) is 2. The Balaban J connectivity index is 3.01. The van der Waals surface area contributed by atoms with E-state index in [4.69, 9.17) is 6.42 Å². The molecule has 0 aliphatic heterocycles. The number of rotatable bonds is 0. The Hall–Kier alpha value is -0.130. The average Bonchev–Trinajstić information content (AvgIpc) is 1.98. The third-order valence-electron chi connectivity index (χ3n) is 3.34. The van der Waals surface area contributed by atoms with Crippen LogP contribution in [0.1, 0.15) is 33.6 Å². The Kier molecular flexibility index (Phi) is 2.71. The first-order valence-corrected chi connectivity index (χ1v) is 5.23. The van der Waals surface area contributed by atoms with Crippen molar-refractivity contribution in [1.29, 1.82) is 0 Å².